The molecular formula is C6H10Li2O2. The Hall–Kier alpha value is 0.535. The van der Waals surface area contributed by atoms with Gasteiger partial charge in [-0.1, -0.05) is 20.8 Å². The summed E-state index contributed by atoms with van der Waals surface area (Å²) >= 11 is 0. The summed E-state index contributed by atoms with van der Waals surface area (Å²) in [4.78, 5) is 0. The molecule has 48 valence electrons. The number of allylic oxidation sites excluding steroid dienone is 1. The number of hydrogen-bond acceptors (Lipinski definition) is 2. The Labute approximate surface area is 86.1 Å². The van der Waals surface area contributed by atoms with Gasteiger partial charge in [0.2, 0.25) is 0 Å². The summed E-state index contributed by atoms with van der Waals surface area (Å²) in [5, 5.41) is 19.7. The Morgan fingerprint density at radius 2 is 1.40 bits per heavy atom. The molecule has 2 nitrogen and oxygen atoms in total. The predicted molar refractivity (Wildman–Crippen MR) is 27.5 cm³/mol. The average molecular weight is 128 g/mol. The normalized spacial score (nSPS) is 8.70. The van der Waals surface area contributed by atoms with E-state index in [1.54, 1.807) is 0 Å². The Bertz CT molecular complexity index is 101. The van der Waals surface area contributed by atoms with Crippen LogP contribution in [0.1, 0.15) is 20.8 Å². The van der Waals surface area contributed by atoms with Crippen molar-refractivity contribution in [2.75, 3.05) is 0 Å². The van der Waals surface area contributed by atoms with Gasteiger partial charge in [0.1, 0.15) is 0 Å². The van der Waals surface area contributed by atoms with Crippen molar-refractivity contribution in [1.82, 2.24) is 0 Å². The SMILES string of the molecule is CC(C)(C)C=C([O-])[O-].[Li+].[Li+]. The maximum atomic E-state index is 9.85. The maximum absolute atomic E-state index is 9.85. The molecule has 0 saturated heterocycles. The van der Waals surface area contributed by atoms with Gasteiger partial charge in [-0.2, -0.15) is 0 Å². The second kappa shape index (κ2) is 6.26. The van der Waals surface area contributed by atoms with E-state index in [1.807, 2.05) is 20.8 Å². The third-order valence-corrected chi connectivity index (χ3v) is 0.551. The molecule has 0 aromatic carbocycles. The first-order valence-electron chi connectivity index (χ1n) is 2.49. The van der Waals surface area contributed by atoms with Crippen LogP contribution >= 0.6 is 0 Å². The van der Waals surface area contributed by atoms with Crippen LogP contribution in [0, 0.1) is 5.41 Å². The van der Waals surface area contributed by atoms with Crippen molar-refractivity contribution in [2.24, 2.45) is 5.41 Å². The van der Waals surface area contributed by atoms with Crippen LogP contribution < -0.4 is 47.9 Å². The van der Waals surface area contributed by atoms with Gasteiger partial charge in [-0.15, -0.1) is 6.08 Å². The minimum Gasteiger partial charge on any atom is -0.884 e. The van der Waals surface area contributed by atoms with E-state index in [0.29, 0.717) is 0 Å². The second-order valence-corrected chi connectivity index (χ2v) is 2.83. The monoisotopic (exact) mass is 128 g/mol. The summed E-state index contributed by atoms with van der Waals surface area (Å²) < 4.78 is 0. The van der Waals surface area contributed by atoms with Crippen LogP contribution in [0.15, 0.2) is 12.0 Å². The maximum Gasteiger partial charge on any atom is 1.00 e. The average Bonchev–Trinajstić information content (AvgIpc) is 1.21. The van der Waals surface area contributed by atoms with E-state index in [4.69, 9.17) is 0 Å². The van der Waals surface area contributed by atoms with Crippen molar-refractivity contribution in [3.63, 3.8) is 0 Å². The summed E-state index contributed by atoms with van der Waals surface area (Å²) in [5.74, 6) is -1.10. The van der Waals surface area contributed by atoms with Crippen LogP contribution in [-0.4, -0.2) is 0 Å². The summed E-state index contributed by atoms with van der Waals surface area (Å²) in [6.07, 6.45) is 1.16. The van der Waals surface area contributed by atoms with Gasteiger partial charge in [-0.05, 0) is 5.41 Å². The largest absolute Gasteiger partial charge is 1.00 e. The number of hydrogen-bond donors (Lipinski definition) is 0. The van der Waals surface area contributed by atoms with Gasteiger partial charge in [0.25, 0.3) is 0 Å². The molecule has 0 amide bonds. The zero-order valence-electron chi connectivity index (χ0n) is 7.39. The van der Waals surface area contributed by atoms with Crippen molar-refractivity contribution >= 4 is 0 Å². The van der Waals surface area contributed by atoms with Crippen LogP contribution in [0.25, 0.3) is 0 Å². The topological polar surface area (TPSA) is 46.1 Å². The molecule has 4 heteroatoms. The van der Waals surface area contributed by atoms with Gasteiger partial charge in [-0.25, -0.2) is 5.95 Å². The molecule has 0 aliphatic heterocycles. The van der Waals surface area contributed by atoms with E-state index >= 15 is 0 Å². The van der Waals surface area contributed by atoms with E-state index in [9.17, 15) is 10.2 Å². The van der Waals surface area contributed by atoms with Gasteiger partial charge in [0.15, 0.2) is 0 Å². The van der Waals surface area contributed by atoms with Crippen molar-refractivity contribution in [3.8, 4) is 0 Å². The van der Waals surface area contributed by atoms with Crippen LogP contribution in [0.2, 0.25) is 0 Å². The third kappa shape index (κ3) is 15.8. The molecule has 0 atom stereocenters. The molecule has 0 aromatic heterocycles. The Kier molecular flexibility index (Phi) is 10.6. The standard InChI is InChI=1S/C6H12O2.2Li/c1-6(2,3)4-5(7)8;;/h4,7-8H,1-3H3;;/q;2*+1/p-2. The van der Waals surface area contributed by atoms with Crippen molar-refractivity contribution in [1.29, 1.82) is 0 Å². The quantitative estimate of drug-likeness (QED) is 0.240. The van der Waals surface area contributed by atoms with Crippen LogP contribution in [-0.2, 0) is 0 Å². The molecule has 0 radical (unpaired) electrons. The molecule has 0 fully saturated rings. The molecule has 0 aromatic rings. The molecule has 0 unspecified atom stereocenters. The van der Waals surface area contributed by atoms with Crippen molar-refractivity contribution in [2.45, 2.75) is 20.8 Å². The van der Waals surface area contributed by atoms with E-state index < -0.39 is 5.95 Å². The van der Waals surface area contributed by atoms with Crippen molar-refractivity contribution < 1.29 is 47.9 Å². The molecule has 10 heavy (non-hydrogen) atoms. The summed E-state index contributed by atoms with van der Waals surface area (Å²) in [7, 11) is 0. The van der Waals surface area contributed by atoms with Gasteiger partial charge < -0.3 is 10.2 Å². The van der Waals surface area contributed by atoms with Crippen molar-refractivity contribution in [3.05, 3.63) is 12.0 Å². The zero-order valence-corrected chi connectivity index (χ0v) is 7.39. The summed E-state index contributed by atoms with van der Waals surface area (Å²) in [6, 6.07) is 0. The summed E-state index contributed by atoms with van der Waals surface area (Å²) in [6.45, 7) is 5.42. The molecule has 0 aliphatic carbocycles. The molecule has 0 spiro atoms. The summed E-state index contributed by atoms with van der Waals surface area (Å²) in [5.41, 5.74) is -0.265. The van der Waals surface area contributed by atoms with E-state index in [0.717, 1.165) is 6.08 Å². The molecular weight excluding hydrogens is 118 g/mol. The molecule has 0 heterocycles. The fourth-order valence-corrected chi connectivity index (χ4v) is 0.354. The smallest absolute Gasteiger partial charge is 0.884 e. The molecule has 0 bridgehead atoms. The van der Waals surface area contributed by atoms with Gasteiger partial charge >= 0.3 is 37.7 Å². The van der Waals surface area contributed by atoms with E-state index in [1.165, 1.54) is 0 Å². The first kappa shape index (κ1) is 16.9. The van der Waals surface area contributed by atoms with Gasteiger partial charge in [0.05, 0.1) is 0 Å². The fourth-order valence-electron chi connectivity index (χ4n) is 0.354. The van der Waals surface area contributed by atoms with Gasteiger partial charge in [0, 0.05) is 0 Å². The Morgan fingerprint density at radius 1 is 1.10 bits per heavy atom. The molecule has 0 saturated carbocycles. The number of rotatable bonds is 0. The first-order valence-corrected chi connectivity index (χ1v) is 2.49. The second-order valence-electron chi connectivity index (χ2n) is 2.83. The van der Waals surface area contributed by atoms with Gasteiger partial charge in [-0.3, -0.25) is 0 Å². The van der Waals surface area contributed by atoms with E-state index in [2.05, 4.69) is 0 Å². The minimum atomic E-state index is -1.10. The third-order valence-electron chi connectivity index (χ3n) is 0.551. The minimum absolute atomic E-state index is 0. The predicted octanol–water partition coefficient (Wildman–Crippen LogP) is -6.40. The van der Waals surface area contributed by atoms with E-state index in [-0.39, 0.29) is 43.1 Å². The Balaban J connectivity index is -0.000000245. The van der Waals surface area contributed by atoms with Crippen LogP contribution in [0.4, 0.5) is 0 Å². The zero-order chi connectivity index (χ0) is 6.78. The molecule has 0 N–H and O–H groups in total. The molecule has 0 aliphatic rings. The first-order chi connectivity index (χ1) is 3.42. The molecule has 0 rings (SSSR count). The van der Waals surface area contributed by atoms with Crippen LogP contribution in [0.5, 0.6) is 0 Å². The Morgan fingerprint density at radius 3 is 1.40 bits per heavy atom. The van der Waals surface area contributed by atoms with Crippen LogP contribution in [0.3, 0.4) is 0 Å². The fraction of sp³-hybridized carbons (Fsp3) is 0.667.